The zero-order valence-corrected chi connectivity index (χ0v) is 12.3. The van der Waals surface area contributed by atoms with Crippen LogP contribution in [0, 0.1) is 0 Å². The maximum absolute atomic E-state index is 12.2. The van der Waals surface area contributed by atoms with E-state index in [1.165, 1.54) is 0 Å². The van der Waals surface area contributed by atoms with Crippen LogP contribution in [0.3, 0.4) is 0 Å². The summed E-state index contributed by atoms with van der Waals surface area (Å²) in [5.41, 5.74) is 6.21. The fourth-order valence-corrected chi connectivity index (χ4v) is 2.06. The highest BCUT2D eigenvalue weighted by molar-refractivity contribution is 6.17. The molecule has 0 fully saturated rings. The lowest BCUT2D eigenvalue weighted by Crippen LogP contribution is -2.33. The number of nitrogens with two attached hydrogens (primary N) is 1. The van der Waals surface area contributed by atoms with Crippen molar-refractivity contribution in [1.29, 1.82) is 0 Å². The van der Waals surface area contributed by atoms with Gasteiger partial charge in [0.25, 0.3) is 0 Å². The third-order valence-electron chi connectivity index (χ3n) is 2.97. The molecule has 0 atom stereocenters. The first-order valence-corrected chi connectivity index (χ1v) is 7.33. The number of benzene rings is 1. The van der Waals surface area contributed by atoms with Crippen molar-refractivity contribution in [2.75, 3.05) is 12.4 Å². The number of rotatable bonds is 9. The summed E-state index contributed by atoms with van der Waals surface area (Å²) in [7, 11) is 0. The fraction of sp³-hybridized carbons (Fsp3) is 0.467. The highest BCUT2D eigenvalue weighted by atomic mass is 35.5. The summed E-state index contributed by atoms with van der Waals surface area (Å²) < 4.78 is 0. The van der Waals surface area contributed by atoms with Crippen LogP contribution in [0.5, 0.6) is 0 Å². The maximum Gasteiger partial charge on any atom is 0.222 e. The van der Waals surface area contributed by atoms with Crippen LogP contribution in [-0.2, 0) is 16.1 Å². The van der Waals surface area contributed by atoms with Crippen LogP contribution in [0.4, 0.5) is 0 Å². The Morgan fingerprint density at radius 3 is 2.40 bits per heavy atom. The van der Waals surface area contributed by atoms with Gasteiger partial charge in [0.1, 0.15) is 0 Å². The van der Waals surface area contributed by atoms with Crippen molar-refractivity contribution >= 4 is 23.4 Å². The fourth-order valence-electron chi connectivity index (χ4n) is 1.87. The summed E-state index contributed by atoms with van der Waals surface area (Å²) in [6.45, 7) is 0.873. The molecule has 0 bridgehead atoms. The van der Waals surface area contributed by atoms with Gasteiger partial charge in [-0.2, -0.15) is 0 Å². The maximum atomic E-state index is 12.2. The molecule has 1 aromatic carbocycles. The van der Waals surface area contributed by atoms with Gasteiger partial charge < -0.3 is 10.6 Å². The van der Waals surface area contributed by atoms with Gasteiger partial charge in [-0.25, -0.2) is 0 Å². The number of nitrogens with zero attached hydrogens (tertiary/aromatic N) is 1. The number of hydrogen-bond acceptors (Lipinski definition) is 2. The van der Waals surface area contributed by atoms with Crippen molar-refractivity contribution in [3.63, 3.8) is 0 Å². The Balaban J connectivity index is 2.59. The smallest absolute Gasteiger partial charge is 0.222 e. The van der Waals surface area contributed by atoms with E-state index >= 15 is 0 Å². The molecule has 0 aliphatic heterocycles. The first-order chi connectivity index (χ1) is 9.63. The molecule has 0 spiro atoms. The van der Waals surface area contributed by atoms with Crippen molar-refractivity contribution in [3.8, 4) is 0 Å². The average Bonchev–Trinajstić information content (AvgIpc) is 2.44. The zero-order valence-electron chi connectivity index (χ0n) is 11.6. The van der Waals surface area contributed by atoms with Crippen LogP contribution in [0.25, 0.3) is 0 Å². The summed E-state index contributed by atoms with van der Waals surface area (Å²) in [5.74, 6) is 0.213. The number of unbranched alkanes of at least 4 members (excludes halogenated alkanes) is 1. The average molecular weight is 297 g/mol. The highest BCUT2D eigenvalue weighted by Gasteiger charge is 2.14. The van der Waals surface area contributed by atoms with Crippen LogP contribution in [-0.4, -0.2) is 29.1 Å². The zero-order chi connectivity index (χ0) is 14.8. The first kappa shape index (κ1) is 16.5. The minimum atomic E-state index is -0.392. The molecule has 0 aliphatic rings. The standard InChI is InChI=1S/C15H21ClN2O2/c16-10-5-4-8-15(20)18(11-9-14(17)19)12-13-6-2-1-3-7-13/h1-3,6-7H,4-5,8-12H2,(H2,17,19). The van der Waals surface area contributed by atoms with Crippen LogP contribution >= 0.6 is 11.6 Å². The normalized spacial score (nSPS) is 10.2. The van der Waals surface area contributed by atoms with Crippen molar-refractivity contribution in [3.05, 3.63) is 35.9 Å². The monoisotopic (exact) mass is 296 g/mol. The molecule has 0 saturated carbocycles. The highest BCUT2D eigenvalue weighted by Crippen LogP contribution is 2.09. The van der Waals surface area contributed by atoms with Crippen LogP contribution in [0.15, 0.2) is 30.3 Å². The molecule has 0 saturated heterocycles. The summed E-state index contributed by atoms with van der Waals surface area (Å²) >= 11 is 5.61. The number of primary amides is 1. The Labute approximate surface area is 124 Å². The van der Waals surface area contributed by atoms with E-state index in [1.807, 2.05) is 30.3 Å². The van der Waals surface area contributed by atoms with E-state index in [0.29, 0.717) is 25.4 Å². The number of alkyl halides is 1. The molecule has 2 amide bonds. The number of amides is 2. The molecule has 0 aromatic heterocycles. The molecule has 0 unspecified atom stereocenters. The molecule has 1 rings (SSSR count). The summed E-state index contributed by atoms with van der Waals surface area (Å²) in [5, 5.41) is 0. The number of carbonyl (C=O) groups excluding carboxylic acids is 2. The van der Waals surface area contributed by atoms with E-state index in [2.05, 4.69) is 0 Å². The van der Waals surface area contributed by atoms with E-state index in [-0.39, 0.29) is 12.3 Å². The molecule has 1 aromatic rings. The third-order valence-corrected chi connectivity index (χ3v) is 3.24. The largest absolute Gasteiger partial charge is 0.370 e. The SMILES string of the molecule is NC(=O)CCN(Cc1ccccc1)C(=O)CCCCCl. The van der Waals surface area contributed by atoms with E-state index in [0.717, 1.165) is 18.4 Å². The lowest BCUT2D eigenvalue weighted by Gasteiger charge is -2.22. The summed E-state index contributed by atoms with van der Waals surface area (Å²) in [4.78, 5) is 24.8. The molecular formula is C15H21ClN2O2. The predicted octanol–water partition coefficient (Wildman–Crippen LogP) is 2.30. The Hall–Kier alpha value is -1.55. The van der Waals surface area contributed by atoms with Crippen LogP contribution in [0.2, 0.25) is 0 Å². The number of hydrogen-bond donors (Lipinski definition) is 1. The molecule has 4 nitrogen and oxygen atoms in total. The van der Waals surface area contributed by atoms with E-state index in [1.54, 1.807) is 4.90 Å². The van der Waals surface area contributed by atoms with Gasteiger partial charge in [0.05, 0.1) is 0 Å². The molecule has 20 heavy (non-hydrogen) atoms. The molecule has 0 radical (unpaired) electrons. The topological polar surface area (TPSA) is 63.4 Å². The Morgan fingerprint density at radius 2 is 1.80 bits per heavy atom. The van der Waals surface area contributed by atoms with Gasteiger partial charge in [0.15, 0.2) is 0 Å². The molecule has 2 N–H and O–H groups in total. The van der Waals surface area contributed by atoms with Crippen molar-refractivity contribution in [2.24, 2.45) is 5.73 Å². The van der Waals surface area contributed by atoms with E-state index in [9.17, 15) is 9.59 Å². The summed E-state index contributed by atoms with van der Waals surface area (Å²) in [6, 6.07) is 9.71. The molecule has 0 heterocycles. The van der Waals surface area contributed by atoms with Crippen LogP contribution < -0.4 is 5.73 Å². The Kier molecular flexibility index (Phi) is 7.73. The van der Waals surface area contributed by atoms with Gasteiger partial charge in [-0.1, -0.05) is 30.3 Å². The van der Waals surface area contributed by atoms with Crippen LogP contribution in [0.1, 0.15) is 31.2 Å². The third kappa shape index (κ3) is 6.57. The van der Waals surface area contributed by atoms with Gasteiger partial charge in [-0.05, 0) is 18.4 Å². The quantitative estimate of drug-likeness (QED) is 0.561. The first-order valence-electron chi connectivity index (χ1n) is 6.79. The van der Waals surface area contributed by atoms with Gasteiger partial charge >= 0.3 is 0 Å². The lowest BCUT2D eigenvalue weighted by atomic mass is 10.1. The Morgan fingerprint density at radius 1 is 1.10 bits per heavy atom. The van der Waals surface area contributed by atoms with Gasteiger partial charge in [-0.3, -0.25) is 9.59 Å². The van der Waals surface area contributed by atoms with Crippen molar-refractivity contribution in [1.82, 2.24) is 4.90 Å². The van der Waals surface area contributed by atoms with Crippen molar-refractivity contribution in [2.45, 2.75) is 32.2 Å². The molecule has 5 heteroatoms. The number of halogens is 1. The number of carbonyl (C=O) groups is 2. The predicted molar refractivity (Wildman–Crippen MR) is 80.2 cm³/mol. The van der Waals surface area contributed by atoms with Gasteiger partial charge in [-0.15, -0.1) is 11.6 Å². The van der Waals surface area contributed by atoms with E-state index in [4.69, 9.17) is 17.3 Å². The van der Waals surface area contributed by atoms with E-state index < -0.39 is 5.91 Å². The second-order valence-electron chi connectivity index (χ2n) is 4.66. The second kappa shape index (κ2) is 9.37. The lowest BCUT2D eigenvalue weighted by molar-refractivity contribution is -0.132. The minimum Gasteiger partial charge on any atom is -0.370 e. The minimum absolute atomic E-state index is 0.0419. The second-order valence-corrected chi connectivity index (χ2v) is 5.04. The summed E-state index contributed by atoms with van der Waals surface area (Å²) in [6.07, 6.45) is 2.24. The molecular weight excluding hydrogens is 276 g/mol. The van der Waals surface area contributed by atoms with Crippen molar-refractivity contribution < 1.29 is 9.59 Å². The molecule has 0 aliphatic carbocycles. The van der Waals surface area contributed by atoms with Gasteiger partial charge in [0, 0.05) is 31.8 Å². The Bertz CT molecular complexity index is 423. The molecule has 110 valence electrons. The van der Waals surface area contributed by atoms with Gasteiger partial charge in [0.2, 0.25) is 11.8 Å².